The van der Waals surface area contributed by atoms with E-state index in [2.05, 4.69) is 4.98 Å². The molecule has 2 aromatic rings. The van der Waals surface area contributed by atoms with Crippen molar-refractivity contribution in [2.24, 2.45) is 0 Å². The summed E-state index contributed by atoms with van der Waals surface area (Å²) in [6.45, 7) is 5.74. The molecule has 1 amide bonds. The van der Waals surface area contributed by atoms with Gasteiger partial charge in [0.15, 0.2) is 0 Å². The molecule has 1 aliphatic heterocycles. The highest BCUT2D eigenvalue weighted by Crippen LogP contribution is 2.26. The summed E-state index contributed by atoms with van der Waals surface area (Å²) in [5.74, 6) is 0.242. The van der Waals surface area contributed by atoms with Crippen LogP contribution in [0.3, 0.4) is 0 Å². The van der Waals surface area contributed by atoms with Gasteiger partial charge in [0, 0.05) is 25.2 Å². The molecule has 0 saturated carbocycles. The number of benzene rings is 1. The van der Waals surface area contributed by atoms with Crippen molar-refractivity contribution in [3.8, 4) is 5.88 Å². The number of rotatable bonds is 6. The highest BCUT2D eigenvalue weighted by molar-refractivity contribution is 6.32. The first-order valence-corrected chi connectivity index (χ1v) is 9.17. The number of hydrogen-bond donors (Lipinski definition) is 0. The first-order valence-electron chi connectivity index (χ1n) is 8.79. The Morgan fingerprint density at radius 3 is 2.77 bits per heavy atom. The fourth-order valence-electron chi connectivity index (χ4n) is 2.83. The second kappa shape index (κ2) is 8.52. The predicted molar refractivity (Wildman–Crippen MR) is 101 cm³/mol. The summed E-state index contributed by atoms with van der Waals surface area (Å²) in [6, 6.07) is 11.6. The number of ether oxygens (including phenoxy) is 2. The minimum Gasteiger partial charge on any atom is -0.471 e. The summed E-state index contributed by atoms with van der Waals surface area (Å²) in [6.07, 6.45) is 2.31. The van der Waals surface area contributed by atoms with Crippen LogP contribution in [-0.4, -0.2) is 41.2 Å². The molecule has 0 spiro atoms. The molecule has 0 radical (unpaired) electrons. The van der Waals surface area contributed by atoms with Gasteiger partial charge in [-0.05, 0) is 25.5 Å². The molecular formula is C20H23ClN2O3. The summed E-state index contributed by atoms with van der Waals surface area (Å²) in [7, 11) is 0. The zero-order chi connectivity index (χ0) is 18.5. The molecule has 1 aromatic heterocycles. The zero-order valence-electron chi connectivity index (χ0n) is 15.0. The maximum Gasteiger partial charge on any atom is 0.256 e. The van der Waals surface area contributed by atoms with Gasteiger partial charge in [-0.3, -0.25) is 4.79 Å². The molecule has 0 N–H and O–H groups in total. The highest BCUT2D eigenvalue weighted by Gasteiger charge is 2.23. The van der Waals surface area contributed by atoms with E-state index in [1.807, 2.05) is 44.2 Å². The number of halogens is 1. The van der Waals surface area contributed by atoms with Crippen LogP contribution in [0.4, 0.5) is 0 Å². The van der Waals surface area contributed by atoms with Gasteiger partial charge >= 0.3 is 0 Å². The molecule has 0 aliphatic carbocycles. The van der Waals surface area contributed by atoms with Gasteiger partial charge in [-0.2, -0.15) is 0 Å². The van der Waals surface area contributed by atoms with Crippen molar-refractivity contribution in [1.29, 1.82) is 0 Å². The fourth-order valence-corrected chi connectivity index (χ4v) is 3.04. The summed E-state index contributed by atoms with van der Waals surface area (Å²) >= 11 is 6.30. The Morgan fingerprint density at radius 1 is 1.38 bits per heavy atom. The van der Waals surface area contributed by atoms with E-state index in [0.29, 0.717) is 36.2 Å². The molecule has 1 saturated heterocycles. The van der Waals surface area contributed by atoms with Crippen LogP contribution in [0.25, 0.3) is 0 Å². The smallest absolute Gasteiger partial charge is 0.256 e. The molecule has 1 unspecified atom stereocenters. The molecule has 3 rings (SSSR count). The molecule has 1 atom stereocenters. The lowest BCUT2D eigenvalue weighted by Crippen LogP contribution is -2.36. The van der Waals surface area contributed by atoms with Gasteiger partial charge in [0.1, 0.15) is 11.1 Å². The number of carbonyl (C=O) groups is 1. The van der Waals surface area contributed by atoms with Crippen molar-refractivity contribution < 1.29 is 14.3 Å². The maximum atomic E-state index is 13.0. The van der Waals surface area contributed by atoms with Crippen molar-refractivity contribution in [1.82, 2.24) is 9.88 Å². The van der Waals surface area contributed by atoms with Gasteiger partial charge in [-0.25, -0.2) is 4.98 Å². The van der Waals surface area contributed by atoms with E-state index >= 15 is 0 Å². The topological polar surface area (TPSA) is 51.7 Å². The van der Waals surface area contributed by atoms with Crippen LogP contribution in [0.1, 0.15) is 36.2 Å². The van der Waals surface area contributed by atoms with Crippen LogP contribution in [-0.2, 0) is 11.3 Å². The van der Waals surface area contributed by atoms with E-state index in [9.17, 15) is 4.79 Å². The average Bonchev–Trinajstić information content (AvgIpc) is 3.14. The standard InChI is InChI=1S/C20H23ClN2O3/c1-14(2)23(12-15-6-4-3-5-7-15)20(24)16-10-18(21)19(22-11-16)26-17-8-9-25-13-17/h3-7,10-11,14,17H,8-9,12-13H2,1-2H3. The lowest BCUT2D eigenvalue weighted by molar-refractivity contribution is 0.0689. The van der Waals surface area contributed by atoms with Crippen LogP contribution in [0.2, 0.25) is 5.02 Å². The molecule has 138 valence electrons. The predicted octanol–water partition coefficient (Wildman–Crippen LogP) is 3.95. The van der Waals surface area contributed by atoms with Gasteiger partial charge in [-0.15, -0.1) is 0 Å². The summed E-state index contributed by atoms with van der Waals surface area (Å²) < 4.78 is 11.0. The molecule has 5 nitrogen and oxygen atoms in total. The fraction of sp³-hybridized carbons (Fsp3) is 0.400. The third-order valence-electron chi connectivity index (χ3n) is 4.30. The maximum absolute atomic E-state index is 13.0. The molecular weight excluding hydrogens is 352 g/mol. The van der Waals surface area contributed by atoms with Crippen molar-refractivity contribution >= 4 is 17.5 Å². The largest absolute Gasteiger partial charge is 0.471 e. The van der Waals surface area contributed by atoms with Crippen molar-refractivity contribution in [3.63, 3.8) is 0 Å². The van der Waals surface area contributed by atoms with Crippen molar-refractivity contribution in [2.75, 3.05) is 13.2 Å². The van der Waals surface area contributed by atoms with Crippen LogP contribution in [0.15, 0.2) is 42.6 Å². The Bertz CT molecular complexity index is 746. The van der Waals surface area contributed by atoms with Crippen molar-refractivity contribution in [2.45, 2.75) is 39.0 Å². The molecule has 1 aliphatic rings. The van der Waals surface area contributed by atoms with Gasteiger partial charge in [0.25, 0.3) is 5.91 Å². The lowest BCUT2D eigenvalue weighted by Gasteiger charge is -2.27. The summed E-state index contributed by atoms with van der Waals surface area (Å²) in [5.41, 5.74) is 1.53. The number of hydrogen-bond acceptors (Lipinski definition) is 4. The van der Waals surface area contributed by atoms with Gasteiger partial charge in [0.2, 0.25) is 5.88 Å². The monoisotopic (exact) mass is 374 g/mol. The third-order valence-corrected chi connectivity index (χ3v) is 4.57. The molecule has 1 fully saturated rings. The van der Waals surface area contributed by atoms with E-state index in [-0.39, 0.29) is 18.1 Å². The zero-order valence-corrected chi connectivity index (χ0v) is 15.8. The number of nitrogens with zero attached hydrogens (tertiary/aromatic N) is 2. The molecule has 0 bridgehead atoms. The SMILES string of the molecule is CC(C)N(Cc1ccccc1)C(=O)c1cnc(OC2CCOC2)c(Cl)c1. The minimum absolute atomic E-state index is 0.0354. The quantitative estimate of drug-likeness (QED) is 0.768. The van der Waals surface area contributed by atoms with Gasteiger partial charge in [0.05, 0.1) is 18.8 Å². The second-order valence-electron chi connectivity index (χ2n) is 6.63. The first kappa shape index (κ1) is 18.7. The molecule has 6 heteroatoms. The van der Waals surface area contributed by atoms with Crippen LogP contribution >= 0.6 is 11.6 Å². The van der Waals surface area contributed by atoms with Crippen LogP contribution in [0.5, 0.6) is 5.88 Å². The molecule has 1 aromatic carbocycles. The first-order chi connectivity index (χ1) is 12.5. The van der Waals surface area contributed by atoms with Crippen molar-refractivity contribution in [3.05, 3.63) is 58.7 Å². The van der Waals surface area contributed by atoms with E-state index in [0.717, 1.165) is 12.0 Å². The van der Waals surface area contributed by atoms with E-state index in [1.54, 1.807) is 11.0 Å². The summed E-state index contributed by atoms with van der Waals surface area (Å²) in [5, 5.41) is 0.339. The average molecular weight is 375 g/mol. The Hall–Kier alpha value is -2.11. The second-order valence-corrected chi connectivity index (χ2v) is 7.03. The summed E-state index contributed by atoms with van der Waals surface area (Å²) in [4.78, 5) is 19.0. The van der Waals surface area contributed by atoms with Crippen LogP contribution < -0.4 is 4.74 Å². The van der Waals surface area contributed by atoms with Crippen LogP contribution in [0, 0.1) is 0 Å². The Kier molecular flexibility index (Phi) is 6.12. The number of amides is 1. The normalized spacial score (nSPS) is 16.7. The number of pyridine rings is 1. The highest BCUT2D eigenvalue weighted by atomic mass is 35.5. The van der Waals surface area contributed by atoms with E-state index in [1.165, 1.54) is 6.20 Å². The Labute approximate surface area is 158 Å². The minimum atomic E-state index is -0.103. The number of aromatic nitrogens is 1. The van der Waals surface area contributed by atoms with Gasteiger partial charge < -0.3 is 14.4 Å². The van der Waals surface area contributed by atoms with E-state index in [4.69, 9.17) is 21.1 Å². The Balaban J connectivity index is 1.75. The number of carbonyl (C=O) groups excluding carboxylic acids is 1. The molecule has 26 heavy (non-hydrogen) atoms. The molecule has 2 heterocycles. The van der Waals surface area contributed by atoms with Gasteiger partial charge in [-0.1, -0.05) is 41.9 Å². The lowest BCUT2D eigenvalue weighted by atomic mass is 10.1. The Morgan fingerprint density at radius 2 is 2.15 bits per heavy atom. The third kappa shape index (κ3) is 4.54. The van der Waals surface area contributed by atoms with E-state index < -0.39 is 0 Å².